The SMILES string of the molecule is Cc1nc(-c2cccc3c2oc2ccccc23)nc(C)c1C. The first-order valence-corrected chi connectivity index (χ1v) is 7.37. The van der Waals surface area contributed by atoms with Crippen molar-refractivity contribution < 1.29 is 4.42 Å². The molecule has 2 heterocycles. The number of fused-ring (bicyclic) bond motifs is 3. The Labute approximate surface area is 128 Å². The number of furan rings is 1. The van der Waals surface area contributed by atoms with Gasteiger partial charge in [0.25, 0.3) is 0 Å². The Balaban J connectivity index is 2.07. The molecule has 0 aliphatic heterocycles. The summed E-state index contributed by atoms with van der Waals surface area (Å²) in [5, 5.41) is 2.23. The molecule has 0 atom stereocenters. The molecule has 2 aromatic heterocycles. The standard InChI is InChI=1S/C19H16N2O/c1-11-12(2)20-19(21-13(11)3)16-9-6-8-15-14-7-4-5-10-17(14)22-18(15)16/h4-10H,1-3H3. The maximum atomic E-state index is 6.07. The molecule has 0 bridgehead atoms. The van der Waals surface area contributed by atoms with Crippen LogP contribution in [0.15, 0.2) is 46.9 Å². The van der Waals surface area contributed by atoms with Crippen LogP contribution >= 0.6 is 0 Å². The molecule has 22 heavy (non-hydrogen) atoms. The molecule has 0 radical (unpaired) electrons. The van der Waals surface area contributed by atoms with Gasteiger partial charge >= 0.3 is 0 Å². The highest BCUT2D eigenvalue weighted by Crippen LogP contribution is 2.34. The van der Waals surface area contributed by atoms with Crippen molar-refractivity contribution in [1.82, 2.24) is 9.97 Å². The summed E-state index contributed by atoms with van der Waals surface area (Å²) in [7, 11) is 0. The normalized spacial score (nSPS) is 11.4. The summed E-state index contributed by atoms with van der Waals surface area (Å²) < 4.78 is 6.07. The van der Waals surface area contributed by atoms with Crippen LogP contribution in [0.5, 0.6) is 0 Å². The van der Waals surface area contributed by atoms with Gasteiger partial charge < -0.3 is 4.42 Å². The lowest BCUT2D eigenvalue weighted by Crippen LogP contribution is -1.99. The summed E-state index contributed by atoms with van der Waals surface area (Å²) in [5.41, 5.74) is 5.85. The minimum atomic E-state index is 0.727. The van der Waals surface area contributed by atoms with Crippen LogP contribution in [0.3, 0.4) is 0 Å². The highest BCUT2D eigenvalue weighted by Gasteiger charge is 2.14. The van der Waals surface area contributed by atoms with E-state index in [1.807, 2.05) is 44.2 Å². The van der Waals surface area contributed by atoms with Crippen molar-refractivity contribution in [2.45, 2.75) is 20.8 Å². The number of hydrogen-bond acceptors (Lipinski definition) is 3. The van der Waals surface area contributed by atoms with Gasteiger partial charge in [0.05, 0.1) is 5.56 Å². The van der Waals surface area contributed by atoms with Crippen LogP contribution in [0.4, 0.5) is 0 Å². The smallest absolute Gasteiger partial charge is 0.163 e. The van der Waals surface area contributed by atoms with Crippen LogP contribution in [0.25, 0.3) is 33.3 Å². The van der Waals surface area contributed by atoms with Gasteiger partial charge in [0.2, 0.25) is 0 Å². The Morgan fingerprint density at radius 2 is 1.45 bits per heavy atom. The van der Waals surface area contributed by atoms with Gasteiger partial charge in [-0.2, -0.15) is 0 Å². The van der Waals surface area contributed by atoms with Crippen LogP contribution in [0.2, 0.25) is 0 Å². The minimum absolute atomic E-state index is 0.727. The molecule has 0 saturated heterocycles. The molecule has 0 spiro atoms. The largest absolute Gasteiger partial charge is 0.455 e. The van der Waals surface area contributed by atoms with Crippen LogP contribution in [-0.2, 0) is 0 Å². The fourth-order valence-corrected chi connectivity index (χ4v) is 2.82. The van der Waals surface area contributed by atoms with E-state index in [1.54, 1.807) is 0 Å². The highest BCUT2D eigenvalue weighted by atomic mass is 16.3. The molecular weight excluding hydrogens is 272 g/mol. The zero-order chi connectivity index (χ0) is 15.3. The second-order valence-corrected chi connectivity index (χ2v) is 5.62. The summed E-state index contributed by atoms with van der Waals surface area (Å²) in [5.74, 6) is 0.727. The van der Waals surface area contributed by atoms with Gasteiger partial charge in [-0.25, -0.2) is 9.97 Å². The number of benzene rings is 2. The Morgan fingerprint density at radius 3 is 2.23 bits per heavy atom. The predicted molar refractivity (Wildman–Crippen MR) is 89.0 cm³/mol. The molecule has 0 unspecified atom stereocenters. The van der Waals surface area contributed by atoms with Crippen molar-refractivity contribution in [1.29, 1.82) is 0 Å². The molecule has 4 aromatic rings. The highest BCUT2D eigenvalue weighted by molar-refractivity contribution is 6.08. The lowest BCUT2D eigenvalue weighted by molar-refractivity contribution is 0.669. The van der Waals surface area contributed by atoms with Gasteiger partial charge in [0.1, 0.15) is 11.2 Å². The summed E-state index contributed by atoms with van der Waals surface area (Å²) in [4.78, 5) is 9.31. The molecule has 0 aliphatic rings. The van der Waals surface area contributed by atoms with Gasteiger partial charge in [-0.3, -0.25) is 0 Å². The summed E-state index contributed by atoms with van der Waals surface area (Å²) in [6, 6.07) is 14.2. The summed E-state index contributed by atoms with van der Waals surface area (Å²) >= 11 is 0. The quantitative estimate of drug-likeness (QED) is 0.496. The number of rotatable bonds is 1. The third-order valence-electron chi connectivity index (χ3n) is 4.28. The Kier molecular flexibility index (Phi) is 2.76. The van der Waals surface area contributed by atoms with Crippen LogP contribution in [0.1, 0.15) is 17.0 Å². The van der Waals surface area contributed by atoms with Gasteiger partial charge in [0.15, 0.2) is 5.82 Å². The zero-order valence-electron chi connectivity index (χ0n) is 12.8. The third-order valence-corrected chi connectivity index (χ3v) is 4.28. The fraction of sp³-hybridized carbons (Fsp3) is 0.158. The number of aryl methyl sites for hydroxylation is 2. The van der Waals surface area contributed by atoms with E-state index in [0.717, 1.165) is 50.3 Å². The zero-order valence-corrected chi connectivity index (χ0v) is 12.8. The lowest BCUT2D eigenvalue weighted by Gasteiger charge is -2.07. The van der Waals surface area contributed by atoms with E-state index in [1.165, 1.54) is 0 Å². The lowest BCUT2D eigenvalue weighted by atomic mass is 10.1. The van der Waals surface area contributed by atoms with Crippen LogP contribution in [0, 0.1) is 20.8 Å². The molecule has 0 fully saturated rings. The van der Waals surface area contributed by atoms with E-state index in [4.69, 9.17) is 4.42 Å². The fourth-order valence-electron chi connectivity index (χ4n) is 2.82. The first kappa shape index (κ1) is 13.0. The Hall–Kier alpha value is -2.68. The van der Waals surface area contributed by atoms with Gasteiger partial charge in [-0.05, 0) is 38.5 Å². The van der Waals surface area contributed by atoms with Gasteiger partial charge in [-0.15, -0.1) is 0 Å². The molecule has 108 valence electrons. The number of para-hydroxylation sites is 2. The Morgan fingerprint density at radius 1 is 0.773 bits per heavy atom. The molecule has 0 amide bonds. The monoisotopic (exact) mass is 288 g/mol. The maximum absolute atomic E-state index is 6.07. The molecule has 2 aromatic carbocycles. The molecule has 0 N–H and O–H groups in total. The van der Waals surface area contributed by atoms with Gasteiger partial charge in [0, 0.05) is 22.2 Å². The molecular formula is C19H16N2O. The van der Waals surface area contributed by atoms with Crippen LogP contribution < -0.4 is 0 Å². The maximum Gasteiger partial charge on any atom is 0.163 e. The molecule has 0 aliphatic carbocycles. The second kappa shape index (κ2) is 4.67. The third kappa shape index (κ3) is 1.82. The minimum Gasteiger partial charge on any atom is -0.455 e. The molecule has 3 heteroatoms. The van der Waals surface area contributed by atoms with Crippen molar-refractivity contribution in [2.75, 3.05) is 0 Å². The molecule has 4 rings (SSSR count). The van der Waals surface area contributed by atoms with Gasteiger partial charge in [-0.1, -0.05) is 30.3 Å². The summed E-state index contributed by atoms with van der Waals surface area (Å²) in [6.07, 6.45) is 0. The number of hydrogen-bond donors (Lipinski definition) is 0. The first-order chi connectivity index (χ1) is 10.6. The van der Waals surface area contributed by atoms with E-state index in [9.17, 15) is 0 Å². The number of aromatic nitrogens is 2. The molecule has 0 saturated carbocycles. The van der Waals surface area contributed by atoms with E-state index < -0.39 is 0 Å². The van der Waals surface area contributed by atoms with Crippen LogP contribution in [-0.4, -0.2) is 9.97 Å². The predicted octanol–water partition coefficient (Wildman–Crippen LogP) is 4.97. The van der Waals surface area contributed by atoms with Crippen molar-refractivity contribution >= 4 is 21.9 Å². The van der Waals surface area contributed by atoms with E-state index in [0.29, 0.717) is 0 Å². The van der Waals surface area contributed by atoms with E-state index in [2.05, 4.69) is 29.0 Å². The first-order valence-electron chi connectivity index (χ1n) is 7.37. The average Bonchev–Trinajstić information content (AvgIpc) is 2.90. The summed E-state index contributed by atoms with van der Waals surface area (Å²) in [6.45, 7) is 6.09. The molecule has 3 nitrogen and oxygen atoms in total. The second-order valence-electron chi connectivity index (χ2n) is 5.62. The van der Waals surface area contributed by atoms with E-state index >= 15 is 0 Å². The number of nitrogens with zero attached hydrogens (tertiary/aromatic N) is 2. The average molecular weight is 288 g/mol. The van der Waals surface area contributed by atoms with Crippen molar-refractivity contribution in [3.05, 3.63) is 59.4 Å². The Bertz CT molecular complexity index is 991. The van der Waals surface area contributed by atoms with Crippen molar-refractivity contribution in [3.63, 3.8) is 0 Å². The topological polar surface area (TPSA) is 38.9 Å². The van der Waals surface area contributed by atoms with Crippen molar-refractivity contribution in [2.24, 2.45) is 0 Å². The van der Waals surface area contributed by atoms with Crippen molar-refractivity contribution in [3.8, 4) is 11.4 Å². The van der Waals surface area contributed by atoms with E-state index in [-0.39, 0.29) is 0 Å².